The van der Waals surface area contributed by atoms with Gasteiger partial charge in [-0.25, -0.2) is 8.78 Å². The third-order valence-corrected chi connectivity index (χ3v) is 6.36. The lowest BCUT2D eigenvalue weighted by molar-refractivity contribution is -0.128. The molecule has 0 radical (unpaired) electrons. The fourth-order valence-corrected chi connectivity index (χ4v) is 4.35. The lowest BCUT2D eigenvalue weighted by Gasteiger charge is -2.18. The van der Waals surface area contributed by atoms with Crippen molar-refractivity contribution in [2.24, 2.45) is 11.0 Å². The molecule has 36 heavy (non-hydrogen) atoms. The number of halogens is 2. The Morgan fingerprint density at radius 2 is 1.89 bits per heavy atom. The van der Waals surface area contributed by atoms with Crippen LogP contribution in [0.2, 0.25) is 0 Å². The van der Waals surface area contributed by atoms with Crippen molar-refractivity contribution in [3.8, 4) is 16.9 Å². The molecule has 1 aliphatic rings. The Bertz CT molecular complexity index is 1350. The Labute approximate surface area is 208 Å². The lowest BCUT2D eigenvalue weighted by Crippen LogP contribution is -2.33. The zero-order valence-corrected chi connectivity index (χ0v) is 20.6. The summed E-state index contributed by atoms with van der Waals surface area (Å²) in [6, 6.07) is 12.9. The van der Waals surface area contributed by atoms with Gasteiger partial charge in [0.1, 0.15) is 11.7 Å². The molecule has 1 aliphatic heterocycles. The number of hydrazone groups is 1. The number of benzene rings is 2. The molecule has 1 atom stereocenters. The zero-order chi connectivity index (χ0) is 26.0. The highest BCUT2D eigenvalue weighted by molar-refractivity contribution is 6.27. The van der Waals surface area contributed by atoms with E-state index in [0.717, 1.165) is 16.7 Å². The standard InChI is InChI=1S/C28H27F2N3O3/c1-5-28(29,30)20-8-6-7-19(13-20)14-24(34)26-18(3)32-33(27(26)35)21-9-10-25(36-4)23(15-21)22-11-12-31-16-17(22)2/h6-13,15-16,26H,5,14H2,1-4H3. The predicted molar refractivity (Wildman–Crippen MR) is 134 cm³/mol. The monoisotopic (exact) mass is 491 g/mol. The number of methoxy groups -OCH3 is 1. The number of carbonyl (C=O) groups is 2. The molecule has 6 nitrogen and oxygen atoms in total. The van der Waals surface area contributed by atoms with E-state index in [1.54, 1.807) is 50.7 Å². The zero-order valence-electron chi connectivity index (χ0n) is 20.6. The van der Waals surface area contributed by atoms with Crippen LogP contribution in [0.1, 0.15) is 37.0 Å². The number of alkyl halides is 2. The van der Waals surface area contributed by atoms with Gasteiger partial charge in [-0.1, -0.05) is 25.1 Å². The molecule has 0 aliphatic carbocycles. The maximum atomic E-state index is 14.1. The number of amides is 1. The topological polar surface area (TPSA) is 71.9 Å². The Morgan fingerprint density at radius 1 is 1.11 bits per heavy atom. The fourth-order valence-electron chi connectivity index (χ4n) is 4.35. The highest BCUT2D eigenvalue weighted by Crippen LogP contribution is 2.37. The highest BCUT2D eigenvalue weighted by Gasteiger charge is 2.39. The number of pyridine rings is 1. The number of ketones is 1. The highest BCUT2D eigenvalue weighted by atomic mass is 19.3. The summed E-state index contributed by atoms with van der Waals surface area (Å²) < 4.78 is 33.8. The van der Waals surface area contributed by atoms with Crippen molar-refractivity contribution in [3.63, 3.8) is 0 Å². The fraction of sp³-hybridized carbons (Fsp3) is 0.286. The van der Waals surface area contributed by atoms with Crippen molar-refractivity contribution >= 4 is 23.1 Å². The van der Waals surface area contributed by atoms with Gasteiger partial charge in [-0.15, -0.1) is 0 Å². The minimum absolute atomic E-state index is 0.141. The summed E-state index contributed by atoms with van der Waals surface area (Å²) >= 11 is 0. The summed E-state index contributed by atoms with van der Waals surface area (Å²) in [6.45, 7) is 4.96. The van der Waals surface area contributed by atoms with Crippen molar-refractivity contribution in [3.05, 3.63) is 77.6 Å². The van der Waals surface area contributed by atoms with Gasteiger partial charge in [-0.3, -0.25) is 14.6 Å². The van der Waals surface area contributed by atoms with Gasteiger partial charge < -0.3 is 4.74 Å². The summed E-state index contributed by atoms with van der Waals surface area (Å²) in [5.74, 6) is -4.30. The minimum atomic E-state index is -2.98. The number of ether oxygens (including phenoxy) is 1. The van der Waals surface area contributed by atoms with Crippen molar-refractivity contribution < 1.29 is 23.1 Å². The predicted octanol–water partition coefficient (Wildman–Crippen LogP) is 5.72. The third-order valence-electron chi connectivity index (χ3n) is 6.36. The van der Waals surface area contributed by atoms with Crippen molar-refractivity contribution in [1.29, 1.82) is 0 Å². The molecule has 0 fully saturated rings. The number of Topliss-reactive ketones (excluding diaryl/α,β-unsaturated/α-hetero) is 1. The second-order valence-electron chi connectivity index (χ2n) is 8.80. The van der Waals surface area contributed by atoms with Crippen LogP contribution in [0.15, 0.2) is 66.0 Å². The molecule has 1 unspecified atom stereocenters. The van der Waals surface area contributed by atoms with E-state index in [1.807, 2.05) is 13.0 Å². The van der Waals surface area contributed by atoms with Gasteiger partial charge in [0, 0.05) is 36.4 Å². The van der Waals surface area contributed by atoms with Gasteiger partial charge in [-0.2, -0.15) is 10.1 Å². The Morgan fingerprint density at radius 3 is 2.58 bits per heavy atom. The van der Waals surface area contributed by atoms with Gasteiger partial charge in [-0.05, 0) is 60.9 Å². The van der Waals surface area contributed by atoms with Crippen LogP contribution < -0.4 is 9.75 Å². The first kappa shape index (κ1) is 25.2. The van der Waals surface area contributed by atoms with Gasteiger partial charge >= 0.3 is 0 Å². The molecular weight excluding hydrogens is 464 g/mol. The molecule has 0 saturated heterocycles. The van der Waals surface area contributed by atoms with Crippen LogP contribution in [0.3, 0.4) is 0 Å². The molecule has 3 aromatic rings. The lowest BCUT2D eigenvalue weighted by atomic mass is 9.92. The molecule has 4 rings (SSSR count). The van der Waals surface area contributed by atoms with Gasteiger partial charge in [0.05, 0.1) is 18.5 Å². The smallest absolute Gasteiger partial charge is 0.273 e. The summed E-state index contributed by atoms with van der Waals surface area (Å²) in [6.07, 6.45) is 2.94. The van der Waals surface area contributed by atoms with Crippen LogP contribution in [0, 0.1) is 12.8 Å². The second-order valence-corrected chi connectivity index (χ2v) is 8.80. The molecular formula is C28H27F2N3O3. The molecule has 8 heteroatoms. The minimum Gasteiger partial charge on any atom is -0.496 e. The Balaban J connectivity index is 1.60. The molecule has 2 aromatic carbocycles. The van der Waals surface area contributed by atoms with E-state index in [0.29, 0.717) is 22.7 Å². The van der Waals surface area contributed by atoms with E-state index < -0.39 is 17.7 Å². The number of hydrogen-bond acceptors (Lipinski definition) is 5. The average Bonchev–Trinajstić information content (AvgIpc) is 3.17. The summed E-state index contributed by atoms with van der Waals surface area (Å²) in [5.41, 5.74) is 3.74. The van der Waals surface area contributed by atoms with Crippen LogP contribution in [0.4, 0.5) is 14.5 Å². The van der Waals surface area contributed by atoms with Crippen molar-refractivity contribution in [2.75, 3.05) is 12.1 Å². The Hall–Kier alpha value is -3.94. The first-order valence-corrected chi connectivity index (χ1v) is 11.6. The van der Waals surface area contributed by atoms with E-state index in [4.69, 9.17) is 4.74 Å². The summed E-state index contributed by atoms with van der Waals surface area (Å²) in [7, 11) is 1.57. The van der Waals surface area contributed by atoms with Gasteiger partial charge in [0.2, 0.25) is 0 Å². The number of hydrogen-bond donors (Lipinski definition) is 0. The van der Waals surface area contributed by atoms with E-state index in [1.165, 1.54) is 30.1 Å². The van der Waals surface area contributed by atoms with Gasteiger partial charge in [0.15, 0.2) is 5.78 Å². The number of rotatable bonds is 8. The number of aryl methyl sites for hydroxylation is 1. The largest absolute Gasteiger partial charge is 0.496 e. The number of aromatic nitrogens is 1. The van der Waals surface area contributed by atoms with Crippen LogP contribution in [-0.2, 0) is 21.9 Å². The van der Waals surface area contributed by atoms with Crippen LogP contribution in [0.25, 0.3) is 11.1 Å². The molecule has 186 valence electrons. The van der Waals surface area contributed by atoms with E-state index in [9.17, 15) is 18.4 Å². The summed E-state index contributed by atoms with van der Waals surface area (Å²) in [4.78, 5) is 30.6. The molecule has 0 N–H and O–H groups in total. The van der Waals surface area contributed by atoms with Crippen molar-refractivity contribution in [1.82, 2.24) is 4.98 Å². The number of carbonyl (C=O) groups excluding carboxylic acids is 2. The van der Waals surface area contributed by atoms with Crippen molar-refractivity contribution in [2.45, 2.75) is 39.5 Å². The van der Waals surface area contributed by atoms with Crippen LogP contribution in [0.5, 0.6) is 5.75 Å². The first-order chi connectivity index (χ1) is 17.2. The van der Waals surface area contributed by atoms with E-state index >= 15 is 0 Å². The van der Waals surface area contributed by atoms with E-state index in [2.05, 4.69) is 10.1 Å². The molecule has 1 amide bonds. The van der Waals surface area contributed by atoms with Crippen LogP contribution >= 0.6 is 0 Å². The average molecular weight is 492 g/mol. The molecule has 0 spiro atoms. The molecule has 2 heterocycles. The maximum Gasteiger partial charge on any atom is 0.273 e. The summed E-state index contributed by atoms with van der Waals surface area (Å²) in [5, 5.41) is 5.59. The maximum absolute atomic E-state index is 14.1. The van der Waals surface area contributed by atoms with Gasteiger partial charge in [0.25, 0.3) is 11.8 Å². The number of anilines is 1. The second kappa shape index (κ2) is 9.97. The van der Waals surface area contributed by atoms with E-state index in [-0.39, 0.29) is 24.2 Å². The third kappa shape index (κ3) is 4.76. The van der Waals surface area contributed by atoms with Crippen LogP contribution in [-0.4, -0.2) is 29.5 Å². The first-order valence-electron chi connectivity index (χ1n) is 11.6. The normalized spacial score (nSPS) is 15.7. The SMILES string of the molecule is CCC(F)(F)c1cccc(CC(=O)C2C(=O)N(c3ccc(OC)c(-c4ccncc4C)c3)N=C2C)c1. The number of nitrogens with zero attached hydrogens (tertiary/aromatic N) is 3. The quantitative estimate of drug-likeness (QED) is 0.378. The molecule has 1 aromatic heterocycles. The molecule has 0 bridgehead atoms. The Kier molecular flexibility index (Phi) is 6.97. The molecule has 0 saturated carbocycles.